The number of nitrogens with one attached hydrogen (secondary N) is 2. The van der Waals surface area contributed by atoms with Gasteiger partial charge in [-0.05, 0) is 36.4 Å². The molecule has 0 bridgehead atoms. The zero-order valence-electron chi connectivity index (χ0n) is 13.6. The SMILES string of the molecule is CC(C)C(=O)Nc1ccc(C(=O)Nc2ccccc2C(F)(F)F)cc1. The fourth-order valence-electron chi connectivity index (χ4n) is 2.03. The van der Waals surface area contributed by atoms with Gasteiger partial charge in [-0.1, -0.05) is 26.0 Å². The summed E-state index contributed by atoms with van der Waals surface area (Å²) in [6, 6.07) is 10.7. The van der Waals surface area contributed by atoms with E-state index in [4.69, 9.17) is 0 Å². The normalized spacial score (nSPS) is 11.3. The number of alkyl halides is 3. The lowest BCUT2D eigenvalue weighted by atomic mass is 10.1. The van der Waals surface area contributed by atoms with E-state index in [9.17, 15) is 22.8 Å². The van der Waals surface area contributed by atoms with Crippen LogP contribution >= 0.6 is 0 Å². The van der Waals surface area contributed by atoms with E-state index in [2.05, 4.69) is 10.6 Å². The molecule has 0 aromatic heterocycles. The minimum atomic E-state index is -4.56. The van der Waals surface area contributed by atoms with Gasteiger partial charge in [-0.2, -0.15) is 13.2 Å². The van der Waals surface area contributed by atoms with Crippen LogP contribution in [0, 0.1) is 5.92 Å². The van der Waals surface area contributed by atoms with Crippen molar-refractivity contribution in [2.75, 3.05) is 10.6 Å². The molecule has 0 radical (unpaired) electrons. The highest BCUT2D eigenvalue weighted by molar-refractivity contribution is 6.05. The van der Waals surface area contributed by atoms with Crippen LogP contribution in [0.1, 0.15) is 29.8 Å². The summed E-state index contributed by atoms with van der Waals surface area (Å²) in [7, 11) is 0. The number of hydrogen-bond donors (Lipinski definition) is 2. The molecule has 0 unspecified atom stereocenters. The Bertz CT molecular complexity index is 769. The number of para-hydroxylation sites is 1. The second-order valence-electron chi connectivity index (χ2n) is 5.72. The van der Waals surface area contributed by atoms with E-state index < -0.39 is 17.6 Å². The molecule has 2 rings (SSSR count). The average Bonchev–Trinajstić information content (AvgIpc) is 2.54. The summed E-state index contributed by atoms with van der Waals surface area (Å²) in [5, 5.41) is 4.93. The number of carbonyl (C=O) groups is 2. The van der Waals surface area contributed by atoms with Crippen molar-refractivity contribution in [1.29, 1.82) is 0 Å². The standard InChI is InChI=1S/C18H17F3N2O2/c1-11(2)16(24)22-13-9-7-12(8-10-13)17(25)23-15-6-4-3-5-14(15)18(19,20)21/h3-11H,1-2H3,(H,22,24)(H,23,25). The van der Waals surface area contributed by atoms with Gasteiger partial charge in [-0.25, -0.2) is 0 Å². The average molecular weight is 350 g/mol. The van der Waals surface area contributed by atoms with Gasteiger partial charge in [-0.15, -0.1) is 0 Å². The fraction of sp³-hybridized carbons (Fsp3) is 0.222. The minimum absolute atomic E-state index is 0.170. The summed E-state index contributed by atoms with van der Waals surface area (Å²) in [4.78, 5) is 23.8. The van der Waals surface area contributed by atoms with Crippen molar-refractivity contribution in [2.45, 2.75) is 20.0 Å². The van der Waals surface area contributed by atoms with E-state index in [1.165, 1.54) is 42.5 Å². The van der Waals surface area contributed by atoms with Crippen LogP contribution in [0.4, 0.5) is 24.5 Å². The van der Waals surface area contributed by atoms with Crippen molar-refractivity contribution in [2.24, 2.45) is 5.92 Å². The molecule has 0 aliphatic heterocycles. The Morgan fingerprint density at radius 1 is 0.920 bits per heavy atom. The highest BCUT2D eigenvalue weighted by Gasteiger charge is 2.33. The zero-order valence-corrected chi connectivity index (χ0v) is 13.6. The largest absolute Gasteiger partial charge is 0.418 e. The Labute approximate surface area is 143 Å². The molecule has 0 aliphatic carbocycles. The quantitative estimate of drug-likeness (QED) is 0.850. The molecule has 0 saturated heterocycles. The highest BCUT2D eigenvalue weighted by atomic mass is 19.4. The van der Waals surface area contributed by atoms with Crippen LogP contribution in [-0.4, -0.2) is 11.8 Å². The predicted molar refractivity (Wildman–Crippen MR) is 89.3 cm³/mol. The Morgan fingerprint density at radius 2 is 1.52 bits per heavy atom. The van der Waals surface area contributed by atoms with Crippen molar-refractivity contribution in [3.8, 4) is 0 Å². The smallest absolute Gasteiger partial charge is 0.326 e. The Morgan fingerprint density at radius 3 is 2.08 bits per heavy atom. The zero-order chi connectivity index (χ0) is 18.6. The van der Waals surface area contributed by atoms with E-state index in [0.29, 0.717) is 5.69 Å². The van der Waals surface area contributed by atoms with Crippen molar-refractivity contribution in [3.63, 3.8) is 0 Å². The highest BCUT2D eigenvalue weighted by Crippen LogP contribution is 2.34. The lowest BCUT2D eigenvalue weighted by Crippen LogP contribution is -2.18. The van der Waals surface area contributed by atoms with Crippen LogP contribution in [0.25, 0.3) is 0 Å². The summed E-state index contributed by atoms with van der Waals surface area (Å²) in [6.45, 7) is 3.49. The van der Waals surface area contributed by atoms with Crippen LogP contribution in [0.2, 0.25) is 0 Å². The Kier molecular flexibility index (Phi) is 5.46. The monoisotopic (exact) mass is 350 g/mol. The van der Waals surface area contributed by atoms with Crippen molar-refractivity contribution in [3.05, 3.63) is 59.7 Å². The first-order valence-electron chi connectivity index (χ1n) is 7.57. The van der Waals surface area contributed by atoms with E-state index >= 15 is 0 Å². The number of amides is 2. The van der Waals surface area contributed by atoms with Crippen LogP contribution < -0.4 is 10.6 Å². The van der Waals surface area contributed by atoms with E-state index in [1.54, 1.807) is 13.8 Å². The van der Waals surface area contributed by atoms with Gasteiger partial charge in [0.25, 0.3) is 5.91 Å². The molecule has 2 N–H and O–H groups in total. The molecule has 4 nitrogen and oxygen atoms in total. The van der Waals surface area contributed by atoms with Gasteiger partial charge in [0.1, 0.15) is 0 Å². The first kappa shape index (κ1) is 18.5. The molecule has 0 saturated carbocycles. The van der Waals surface area contributed by atoms with Crippen molar-refractivity contribution in [1.82, 2.24) is 0 Å². The molecule has 0 atom stereocenters. The molecule has 25 heavy (non-hydrogen) atoms. The van der Waals surface area contributed by atoms with Crippen LogP contribution in [0.15, 0.2) is 48.5 Å². The van der Waals surface area contributed by atoms with E-state index in [-0.39, 0.29) is 23.1 Å². The van der Waals surface area contributed by atoms with E-state index in [0.717, 1.165) is 6.07 Å². The second kappa shape index (κ2) is 7.38. The molecule has 2 amide bonds. The Hall–Kier alpha value is -2.83. The number of hydrogen-bond acceptors (Lipinski definition) is 2. The number of benzene rings is 2. The molecule has 2 aromatic rings. The molecule has 0 heterocycles. The summed E-state index contributed by atoms with van der Waals surface area (Å²) >= 11 is 0. The predicted octanol–water partition coefficient (Wildman–Crippen LogP) is 4.55. The number of anilines is 2. The minimum Gasteiger partial charge on any atom is -0.326 e. The number of rotatable bonds is 4. The number of halogens is 3. The van der Waals surface area contributed by atoms with Gasteiger partial charge in [0.2, 0.25) is 5.91 Å². The van der Waals surface area contributed by atoms with Crippen molar-refractivity contribution < 1.29 is 22.8 Å². The Balaban J connectivity index is 2.13. The third kappa shape index (κ3) is 4.82. The molecule has 0 fully saturated rings. The fourth-order valence-corrected chi connectivity index (χ4v) is 2.03. The topological polar surface area (TPSA) is 58.2 Å². The molecule has 0 spiro atoms. The third-order valence-electron chi connectivity index (χ3n) is 3.42. The molecular formula is C18H17F3N2O2. The van der Waals surface area contributed by atoms with Crippen molar-refractivity contribution >= 4 is 23.2 Å². The molecule has 7 heteroatoms. The summed E-state index contributed by atoms with van der Waals surface area (Å²) in [6.07, 6.45) is -4.56. The number of carbonyl (C=O) groups excluding carboxylic acids is 2. The summed E-state index contributed by atoms with van der Waals surface area (Å²) in [5.74, 6) is -1.03. The summed E-state index contributed by atoms with van der Waals surface area (Å²) < 4.78 is 38.8. The maximum absolute atomic E-state index is 12.9. The van der Waals surface area contributed by atoms with Crippen LogP contribution in [0.5, 0.6) is 0 Å². The molecule has 0 aliphatic rings. The maximum atomic E-state index is 12.9. The van der Waals surface area contributed by atoms with Gasteiger partial charge in [-0.3, -0.25) is 9.59 Å². The lowest BCUT2D eigenvalue weighted by Gasteiger charge is -2.13. The first-order valence-corrected chi connectivity index (χ1v) is 7.57. The van der Waals surface area contributed by atoms with Gasteiger partial charge >= 0.3 is 6.18 Å². The third-order valence-corrected chi connectivity index (χ3v) is 3.42. The van der Waals surface area contributed by atoms with Gasteiger partial charge in [0, 0.05) is 17.2 Å². The second-order valence-corrected chi connectivity index (χ2v) is 5.72. The van der Waals surface area contributed by atoms with Crippen LogP contribution in [0.3, 0.4) is 0 Å². The van der Waals surface area contributed by atoms with E-state index in [1.807, 2.05) is 0 Å². The lowest BCUT2D eigenvalue weighted by molar-refractivity contribution is -0.136. The van der Waals surface area contributed by atoms with Gasteiger partial charge < -0.3 is 10.6 Å². The summed E-state index contributed by atoms with van der Waals surface area (Å²) in [5.41, 5.74) is -0.535. The maximum Gasteiger partial charge on any atom is 0.418 e. The molecule has 2 aromatic carbocycles. The molecular weight excluding hydrogens is 333 g/mol. The first-order chi connectivity index (χ1) is 11.7. The van der Waals surface area contributed by atoms with Gasteiger partial charge in [0.05, 0.1) is 11.3 Å². The molecule has 132 valence electrons. The van der Waals surface area contributed by atoms with Crippen LogP contribution in [-0.2, 0) is 11.0 Å². The van der Waals surface area contributed by atoms with Gasteiger partial charge in [0.15, 0.2) is 0 Å².